The van der Waals surface area contributed by atoms with Crippen molar-refractivity contribution in [2.24, 2.45) is 7.05 Å². The molecule has 7 heteroatoms. The lowest BCUT2D eigenvalue weighted by Crippen LogP contribution is -2.15. The molecular formula is C6H12N4O2S. The first-order valence-electron chi connectivity index (χ1n) is 3.75. The molecule has 13 heavy (non-hydrogen) atoms. The molecule has 0 saturated carbocycles. The van der Waals surface area contributed by atoms with E-state index >= 15 is 0 Å². The second-order valence-corrected chi connectivity index (χ2v) is 5.06. The van der Waals surface area contributed by atoms with Gasteiger partial charge in [0.25, 0.3) is 0 Å². The van der Waals surface area contributed by atoms with Crippen molar-refractivity contribution in [3.63, 3.8) is 0 Å². The van der Waals surface area contributed by atoms with Gasteiger partial charge in [-0.1, -0.05) is 5.21 Å². The monoisotopic (exact) mass is 204 g/mol. The lowest BCUT2D eigenvalue weighted by Gasteiger charge is -2.03. The molecule has 0 aliphatic rings. The molecule has 0 spiro atoms. The summed E-state index contributed by atoms with van der Waals surface area (Å²) in [4.78, 5) is 0. The Bertz CT molecular complexity index is 370. The predicted molar refractivity (Wildman–Crippen MR) is 49.2 cm³/mol. The van der Waals surface area contributed by atoms with E-state index in [0.29, 0.717) is 12.4 Å². The largest absolute Gasteiger partial charge is 0.368 e. The Morgan fingerprint density at radius 1 is 1.62 bits per heavy atom. The van der Waals surface area contributed by atoms with Gasteiger partial charge >= 0.3 is 0 Å². The van der Waals surface area contributed by atoms with Crippen molar-refractivity contribution >= 4 is 15.7 Å². The lowest BCUT2D eigenvalue weighted by atomic mass is 10.6. The van der Waals surface area contributed by atoms with Crippen LogP contribution in [0.2, 0.25) is 0 Å². The van der Waals surface area contributed by atoms with Crippen LogP contribution in [-0.2, 0) is 16.9 Å². The van der Waals surface area contributed by atoms with E-state index < -0.39 is 9.84 Å². The summed E-state index contributed by atoms with van der Waals surface area (Å²) < 4.78 is 23.1. The van der Waals surface area contributed by atoms with Crippen LogP contribution in [0.5, 0.6) is 0 Å². The third kappa shape index (κ3) is 3.41. The maximum atomic E-state index is 10.8. The quantitative estimate of drug-likeness (QED) is 0.699. The average Bonchev–Trinajstić information content (AvgIpc) is 2.34. The number of anilines is 1. The predicted octanol–water partition coefficient (Wildman–Crippen LogP) is -0.728. The summed E-state index contributed by atoms with van der Waals surface area (Å²) in [5, 5.41) is 10.2. The molecule has 1 heterocycles. The fourth-order valence-electron chi connectivity index (χ4n) is 0.814. The number of aryl methyl sites for hydroxylation is 1. The number of nitrogens with zero attached hydrogens (tertiary/aromatic N) is 3. The van der Waals surface area contributed by atoms with Gasteiger partial charge in [0.2, 0.25) is 0 Å². The van der Waals surface area contributed by atoms with Gasteiger partial charge in [0.05, 0.1) is 11.9 Å². The fourth-order valence-corrected chi connectivity index (χ4v) is 1.29. The number of aromatic nitrogens is 3. The first-order chi connectivity index (χ1) is 5.99. The Balaban J connectivity index is 2.41. The van der Waals surface area contributed by atoms with Gasteiger partial charge in [-0.25, -0.2) is 13.1 Å². The van der Waals surface area contributed by atoms with Crippen LogP contribution in [0.1, 0.15) is 0 Å². The van der Waals surface area contributed by atoms with Gasteiger partial charge in [0.1, 0.15) is 15.7 Å². The molecular weight excluding hydrogens is 192 g/mol. The fraction of sp³-hybridized carbons (Fsp3) is 0.667. The van der Waals surface area contributed by atoms with Crippen molar-refractivity contribution in [1.82, 2.24) is 15.0 Å². The number of sulfone groups is 1. The minimum absolute atomic E-state index is 0.109. The Morgan fingerprint density at radius 2 is 2.31 bits per heavy atom. The summed E-state index contributed by atoms with van der Waals surface area (Å²) in [7, 11) is -1.17. The van der Waals surface area contributed by atoms with E-state index in [2.05, 4.69) is 15.6 Å². The molecule has 0 unspecified atom stereocenters. The lowest BCUT2D eigenvalue weighted by molar-refractivity contribution is 0.602. The molecule has 1 rings (SSSR count). The molecule has 0 radical (unpaired) electrons. The number of hydrogen-bond acceptors (Lipinski definition) is 5. The Labute approximate surface area is 76.9 Å². The van der Waals surface area contributed by atoms with E-state index in [-0.39, 0.29) is 5.75 Å². The molecule has 1 aromatic rings. The van der Waals surface area contributed by atoms with E-state index in [1.54, 1.807) is 17.9 Å². The van der Waals surface area contributed by atoms with Gasteiger partial charge in [-0.15, -0.1) is 5.10 Å². The highest BCUT2D eigenvalue weighted by Crippen LogP contribution is 1.99. The summed E-state index contributed by atoms with van der Waals surface area (Å²) in [6, 6.07) is 0. The van der Waals surface area contributed by atoms with E-state index in [0.717, 1.165) is 0 Å². The summed E-state index contributed by atoms with van der Waals surface area (Å²) in [5.74, 6) is 0.821. The number of rotatable bonds is 4. The van der Waals surface area contributed by atoms with Gasteiger partial charge in [-0.2, -0.15) is 0 Å². The first kappa shape index (κ1) is 9.97. The van der Waals surface area contributed by atoms with Crippen LogP contribution in [0.15, 0.2) is 6.20 Å². The van der Waals surface area contributed by atoms with Gasteiger partial charge in [-0.05, 0) is 0 Å². The molecule has 1 N–H and O–H groups in total. The molecule has 0 atom stereocenters. The Morgan fingerprint density at radius 3 is 2.77 bits per heavy atom. The highest BCUT2D eigenvalue weighted by molar-refractivity contribution is 7.90. The molecule has 0 amide bonds. The molecule has 0 fully saturated rings. The van der Waals surface area contributed by atoms with E-state index in [1.165, 1.54) is 6.26 Å². The van der Waals surface area contributed by atoms with Crippen molar-refractivity contribution in [1.29, 1.82) is 0 Å². The zero-order valence-corrected chi connectivity index (χ0v) is 8.37. The van der Waals surface area contributed by atoms with E-state index in [1.807, 2.05) is 0 Å². The molecule has 0 saturated heterocycles. The summed E-state index contributed by atoms with van der Waals surface area (Å²) in [5.41, 5.74) is 0. The smallest absolute Gasteiger partial charge is 0.149 e. The van der Waals surface area contributed by atoms with Crippen molar-refractivity contribution in [2.45, 2.75) is 0 Å². The summed E-state index contributed by atoms with van der Waals surface area (Å²) >= 11 is 0. The average molecular weight is 204 g/mol. The number of hydrogen-bond donors (Lipinski definition) is 1. The molecule has 0 aromatic carbocycles. The molecule has 0 aliphatic heterocycles. The third-order valence-corrected chi connectivity index (χ3v) is 2.44. The van der Waals surface area contributed by atoms with Crippen LogP contribution < -0.4 is 5.32 Å². The zero-order valence-electron chi connectivity index (χ0n) is 7.56. The van der Waals surface area contributed by atoms with Gasteiger partial charge in [0, 0.05) is 19.8 Å². The number of nitrogens with one attached hydrogen (secondary N) is 1. The van der Waals surface area contributed by atoms with Crippen molar-refractivity contribution in [2.75, 3.05) is 23.9 Å². The van der Waals surface area contributed by atoms with Crippen LogP contribution in [0.25, 0.3) is 0 Å². The van der Waals surface area contributed by atoms with Crippen molar-refractivity contribution < 1.29 is 8.42 Å². The molecule has 74 valence electrons. The third-order valence-electron chi connectivity index (χ3n) is 1.49. The normalized spacial score (nSPS) is 11.5. The van der Waals surface area contributed by atoms with Crippen LogP contribution >= 0.6 is 0 Å². The maximum Gasteiger partial charge on any atom is 0.149 e. The van der Waals surface area contributed by atoms with Crippen LogP contribution in [-0.4, -0.2) is 42.0 Å². The standard InChI is InChI=1S/C6H12N4O2S/c1-10-6(5-8-9-10)7-3-4-13(2,11)12/h5,7H,3-4H2,1-2H3. The molecule has 0 aliphatic carbocycles. The Hall–Kier alpha value is -1.11. The Kier molecular flexibility index (Phi) is 2.86. The van der Waals surface area contributed by atoms with Crippen molar-refractivity contribution in [3.8, 4) is 0 Å². The minimum Gasteiger partial charge on any atom is -0.368 e. The van der Waals surface area contributed by atoms with Gasteiger partial charge < -0.3 is 5.32 Å². The summed E-state index contributed by atoms with van der Waals surface area (Å²) in [6.45, 7) is 0.375. The minimum atomic E-state index is -2.90. The van der Waals surface area contributed by atoms with Gasteiger partial charge in [-0.3, -0.25) is 0 Å². The van der Waals surface area contributed by atoms with Gasteiger partial charge in [0.15, 0.2) is 0 Å². The van der Waals surface area contributed by atoms with Crippen molar-refractivity contribution in [3.05, 3.63) is 6.20 Å². The molecule has 1 aromatic heterocycles. The summed E-state index contributed by atoms with van der Waals surface area (Å²) in [6.07, 6.45) is 2.75. The van der Waals surface area contributed by atoms with Crippen LogP contribution in [0.4, 0.5) is 5.82 Å². The van der Waals surface area contributed by atoms with E-state index in [4.69, 9.17) is 0 Å². The molecule has 0 bridgehead atoms. The van der Waals surface area contributed by atoms with Crippen LogP contribution in [0, 0.1) is 0 Å². The SMILES string of the molecule is Cn1nncc1NCCS(C)(=O)=O. The topological polar surface area (TPSA) is 76.9 Å². The highest BCUT2D eigenvalue weighted by Gasteiger charge is 2.02. The zero-order chi connectivity index (χ0) is 9.90. The highest BCUT2D eigenvalue weighted by atomic mass is 32.2. The first-order valence-corrected chi connectivity index (χ1v) is 5.81. The molecule has 6 nitrogen and oxygen atoms in total. The maximum absolute atomic E-state index is 10.8. The van der Waals surface area contributed by atoms with E-state index in [9.17, 15) is 8.42 Å². The van der Waals surface area contributed by atoms with Crippen LogP contribution in [0.3, 0.4) is 0 Å². The second kappa shape index (κ2) is 3.73. The second-order valence-electron chi connectivity index (χ2n) is 2.80.